The summed E-state index contributed by atoms with van der Waals surface area (Å²) >= 11 is 1.83. The number of carbonyl (C=O) groups excluding carboxylic acids is 1. The van der Waals surface area contributed by atoms with Crippen molar-refractivity contribution < 1.29 is 4.79 Å². The number of fused-ring (bicyclic) bond motifs is 1. The van der Waals surface area contributed by atoms with Gasteiger partial charge in [-0.25, -0.2) is 0 Å². The summed E-state index contributed by atoms with van der Waals surface area (Å²) in [5.41, 5.74) is 3.88. The lowest BCUT2D eigenvalue weighted by molar-refractivity contribution is -0.135. The fourth-order valence-corrected chi connectivity index (χ4v) is 4.45. The number of hydrogen-bond donors (Lipinski definition) is 0. The SMILES string of the molecule is CCC1c2ccsc2CCN1C(=O)CN(C)Cc1ccc(C)cc1. The van der Waals surface area contributed by atoms with Gasteiger partial charge in [0.2, 0.25) is 5.91 Å². The molecule has 0 bridgehead atoms. The Hall–Kier alpha value is -1.65. The zero-order chi connectivity index (χ0) is 17.1. The summed E-state index contributed by atoms with van der Waals surface area (Å²) in [6.45, 7) is 6.40. The molecule has 1 aromatic heterocycles. The first-order valence-electron chi connectivity index (χ1n) is 8.68. The molecule has 1 aliphatic rings. The lowest BCUT2D eigenvalue weighted by Gasteiger charge is -2.36. The topological polar surface area (TPSA) is 23.6 Å². The highest BCUT2D eigenvalue weighted by Crippen LogP contribution is 2.35. The van der Waals surface area contributed by atoms with Crippen LogP contribution in [0.5, 0.6) is 0 Å². The van der Waals surface area contributed by atoms with E-state index in [9.17, 15) is 4.79 Å². The van der Waals surface area contributed by atoms with Crippen molar-refractivity contribution in [1.29, 1.82) is 0 Å². The van der Waals surface area contributed by atoms with Crippen molar-refractivity contribution in [2.24, 2.45) is 0 Å². The van der Waals surface area contributed by atoms with Gasteiger partial charge in [0.05, 0.1) is 12.6 Å². The van der Waals surface area contributed by atoms with E-state index in [1.165, 1.54) is 21.6 Å². The van der Waals surface area contributed by atoms with Gasteiger partial charge in [0.25, 0.3) is 0 Å². The number of benzene rings is 1. The van der Waals surface area contributed by atoms with Gasteiger partial charge in [-0.2, -0.15) is 0 Å². The van der Waals surface area contributed by atoms with Crippen molar-refractivity contribution in [3.63, 3.8) is 0 Å². The minimum absolute atomic E-state index is 0.244. The number of rotatable bonds is 5. The molecule has 3 rings (SSSR count). The first-order valence-corrected chi connectivity index (χ1v) is 9.56. The number of nitrogens with zero attached hydrogens (tertiary/aromatic N) is 2. The van der Waals surface area contributed by atoms with Crippen molar-refractivity contribution in [1.82, 2.24) is 9.80 Å². The van der Waals surface area contributed by atoms with Gasteiger partial charge in [-0.05, 0) is 49.4 Å². The van der Waals surface area contributed by atoms with E-state index in [2.05, 4.69) is 59.4 Å². The van der Waals surface area contributed by atoms with E-state index in [0.717, 1.165) is 25.9 Å². The molecule has 0 spiro atoms. The van der Waals surface area contributed by atoms with Crippen LogP contribution in [0.3, 0.4) is 0 Å². The molecule has 0 saturated heterocycles. The van der Waals surface area contributed by atoms with Crippen LogP contribution >= 0.6 is 11.3 Å². The molecule has 0 saturated carbocycles. The fraction of sp³-hybridized carbons (Fsp3) is 0.450. The molecule has 0 fully saturated rings. The fourth-order valence-electron chi connectivity index (χ4n) is 3.52. The molecule has 0 radical (unpaired) electrons. The van der Waals surface area contributed by atoms with Gasteiger partial charge in [-0.1, -0.05) is 36.8 Å². The number of amides is 1. The monoisotopic (exact) mass is 342 g/mol. The Morgan fingerprint density at radius 3 is 2.75 bits per heavy atom. The molecule has 0 aliphatic carbocycles. The number of aryl methyl sites for hydroxylation is 1. The van der Waals surface area contributed by atoms with Crippen molar-refractivity contribution in [2.45, 2.75) is 39.3 Å². The minimum atomic E-state index is 0.244. The first kappa shape index (κ1) is 17.2. The predicted molar refractivity (Wildman–Crippen MR) is 100 cm³/mol. The largest absolute Gasteiger partial charge is 0.334 e. The zero-order valence-corrected chi connectivity index (χ0v) is 15.6. The quantitative estimate of drug-likeness (QED) is 0.819. The number of carbonyl (C=O) groups is 1. The summed E-state index contributed by atoms with van der Waals surface area (Å²) in [6, 6.07) is 11.0. The van der Waals surface area contributed by atoms with Crippen LogP contribution in [0.4, 0.5) is 0 Å². The second-order valence-electron chi connectivity index (χ2n) is 6.72. The van der Waals surface area contributed by atoms with Crippen LogP contribution in [0, 0.1) is 6.92 Å². The highest BCUT2D eigenvalue weighted by Gasteiger charge is 2.30. The van der Waals surface area contributed by atoms with Crippen LogP contribution in [0.2, 0.25) is 0 Å². The molecular weight excluding hydrogens is 316 g/mol. The molecule has 1 atom stereocenters. The van der Waals surface area contributed by atoms with Crippen molar-refractivity contribution in [3.8, 4) is 0 Å². The van der Waals surface area contributed by atoms with Crippen LogP contribution < -0.4 is 0 Å². The maximum absolute atomic E-state index is 12.8. The average molecular weight is 343 g/mol. The second-order valence-corrected chi connectivity index (χ2v) is 7.72. The van der Waals surface area contributed by atoms with Crippen molar-refractivity contribution >= 4 is 17.2 Å². The summed E-state index contributed by atoms with van der Waals surface area (Å²) in [4.78, 5) is 18.5. The van der Waals surface area contributed by atoms with Gasteiger partial charge < -0.3 is 4.90 Å². The molecule has 1 unspecified atom stereocenters. The molecule has 0 N–H and O–H groups in total. The third kappa shape index (κ3) is 3.70. The van der Waals surface area contributed by atoms with Gasteiger partial charge in [0, 0.05) is 18.0 Å². The van der Waals surface area contributed by atoms with E-state index in [1.807, 2.05) is 18.4 Å². The van der Waals surface area contributed by atoms with Crippen LogP contribution in [0.25, 0.3) is 0 Å². The predicted octanol–water partition coefficient (Wildman–Crippen LogP) is 4.02. The number of thiophene rings is 1. The third-order valence-electron chi connectivity index (χ3n) is 4.78. The summed E-state index contributed by atoms with van der Waals surface area (Å²) in [5.74, 6) is 0.244. The molecule has 24 heavy (non-hydrogen) atoms. The van der Waals surface area contributed by atoms with Gasteiger partial charge in [-0.15, -0.1) is 11.3 Å². The highest BCUT2D eigenvalue weighted by molar-refractivity contribution is 7.10. The van der Waals surface area contributed by atoms with E-state index < -0.39 is 0 Å². The van der Waals surface area contributed by atoms with E-state index in [0.29, 0.717) is 6.54 Å². The molecule has 3 nitrogen and oxygen atoms in total. The van der Waals surface area contributed by atoms with Crippen LogP contribution in [-0.4, -0.2) is 35.8 Å². The lowest BCUT2D eigenvalue weighted by atomic mass is 9.97. The summed E-state index contributed by atoms with van der Waals surface area (Å²) in [5, 5.41) is 2.16. The molecule has 4 heteroatoms. The zero-order valence-electron chi connectivity index (χ0n) is 14.8. The molecule has 1 aromatic carbocycles. The van der Waals surface area contributed by atoms with Crippen LogP contribution in [0.1, 0.15) is 41.0 Å². The normalized spacial score (nSPS) is 17.2. The molecule has 2 heterocycles. The van der Waals surface area contributed by atoms with Gasteiger partial charge in [0.15, 0.2) is 0 Å². The van der Waals surface area contributed by atoms with Gasteiger partial charge in [0.1, 0.15) is 0 Å². The lowest BCUT2D eigenvalue weighted by Crippen LogP contribution is -2.43. The smallest absolute Gasteiger partial charge is 0.237 e. The Morgan fingerprint density at radius 2 is 2.04 bits per heavy atom. The third-order valence-corrected chi connectivity index (χ3v) is 5.78. The Labute approximate surface area is 148 Å². The molecule has 1 aliphatic heterocycles. The number of likely N-dealkylation sites (N-methyl/N-ethyl adjacent to an activating group) is 1. The standard InChI is InChI=1S/C20H26N2OS/c1-4-18-17-10-12-24-19(17)9-11-22(18)20(23)14-21(3)13-16-7-5-15(2)6-8-16/h5-8,10,12,18H,4,9,11,13-14H2,1-3H3. The van der Waals surface area contributed by atoms with E-state index in [1.54, 1.807) is 0 Å². The van der Waals surface area contributed by atoms with Gasteiger partial charge in [-0.3, -0.25) is 9.69 Å². The van der Waals surface area contributed by atoms with E-state index >= 15 is 0 Å². The Balaban J connectivity index is 1.63. The van der Waals surface area contributed by atoms with Crippen LogP contribution in [0.15, 0.2) is 35.7 Å². The summed E-state index contributed by atoms with van der Waals surface area (Å²) < 4.78 is 0. The molecule has 128 valence electrons. The first-order chi connectivity index (χ1) is 11.6. The molecule has 2 aromatic rings. The maximum Gasteiger partial charge on any atom is 0.237 e. The summed E-state index contributed by atoms with van der Waals surface area (Å²) in [7, 11) is 2.03. The second kappa shape index (κ2) is 7.49. The maximum atomic E-state index is 12.8. The average Bonchev–Trinajstić information content (AvgIpc) is 3.04. The molecular formula is C20H26N2OS. The highest BCUT2D eigenvalue weighted by atomic mass is 32.1. The number of hydrogen-bond acceptors (Lipinski definition) is 3. The summed E-state index contributed by atoms with van der Waals surface area (Å²) in [6.07, 6.45) is 1.98. The van der Waals surface area contributed by atoms with Crippen molar-refractivity contribution in [3.05, 3.63) is 57.3 Å². The van der Waals surface area contributed by atoms with Crippen molar-refractivity contribution in [2.75, 3.05) is 20.1 Å². The van der Waals surface area contributed by atoms with Crippen LogP contribution in [-0.2, 0) is 17.8 Å². The Kier molecular flexibility index (Phi) is 5.36. The Morgan fingerprint density at radius 1 is 1.29 bits per heavy atom. The van der Waals surface area contributed by atoms with E-state index in [-0.39, 0.29) is 11.9 Å². The molecule has 1 amide bonds. The van der Waals surface area contributed by atoms with E-state index in [4.69, 9.17) is 0 Å². The van der Waals surface area contributed by atoms with Gasteiger partial charge >= 0.3 is 0 Å². The Bertz CT molecular complexity index is 692. The minimum Gasteiger partial charge on any atom is -0.334 e.